The standard InChI is InChI=1S/C18H26N2O5/c1-5-24-18(23)16-15(12(3)21)13(4)25-17(16)19-14(22)10-20-8-6-7-11(2)9-20/h11H,5-10H2,1-4H3,(H,19,22)/p+1/t11-/m1/s1. The molecule has 1 saturated heterocycles. The van der Waals surface area contributed by atoms with Crippen LogP contribution in [0.4, 0.5) is 5.88 Å². The maximum absolute atomic E-state index is 12.4. The smallest absolute Gasteiger partial charge is 0.344 e. The van der Waals surface area contributed by atoms with E-state index in [2.05, 4.69) is 12.2 Å². The lowest BCUT2D eigenvalue weighted by molar-refractivity contribution is -0.900. The Morgan fingerprint density at radius 2 is 2.04 bits per heavy atom. The lowest BCUT2D eigenvalue weighted by atomic mass is 10.0. The topological polar surface area (TPSA) is 90.0 Å². The number of piperidine rings is 1. The van der Waals surface area contributed by atoms with Crippen molar-refractivity contribution in [1.29, 1.82) is 0 Å². The molecular weight excluding hydrogens is 324 g/mol. The van der Waals surface area contributed by atoms with Gasteiger partial charge in [-0.2, -0.15) is 0 Å². The molecule has 0 saturated carbocycles. The van der Waals surface area contributed by atoms with E-state index in [1.165, 1.54) is 18.2 Å². The average Bonchev–Trinajstić information content (AvgIpc) is 2.83. The number of aryl methyl sites for hydroxylation is 1. The summed E-state index contributed by atoms with van der Waals surface area (Å²) in [4.78, 5) is 37.7. The molecule has 1 amide bonds. The minimum Gasteiger partial charge on any atom is -0.462 e. The van der Waals surface area contributed by atoms with Crippen LogP contribution in [-0.2, 0) is 9.53 Å². The van der Waals surface area contributed by atoms with Gasteiger partial charge < -0.3 is 14.1 Å². The van der Waals surface area contributed by atoms with E-state index in [9.17, 15) is 14.4 Å². The van der Waals surface area contributed by atoms with Crippen molar-refractivity contribution in [3.05, 3.63) is 16.9 Å². The number of nitrogens with one attached hydrogen (secondary N) is 2. The molecule has 7 heteroatoms. The molecular formula is C18H27N2O5+. The van der Waals surface area contributed by atoms with Crippen LogP contribution >= 0.6 is 0 Å². The Morgan fingerprint density at radius 3 is 2.64 bits per heavy atom. The summed E-state index contributed by atoms with van der Waals surface area (Å²) in [6, 6.07) is 0. The number of rotatable bonds is 6. The zero-order valence-corrected chi connectivity index (χ0v) is 15.4. The molecule has 25 heavy (non-hydrogen) atoms. The fraction of sp³-hybridized carbons (Fsp3) is 0.611. The summed E-state index contributed by atoms with van der Waals surface area (Å²) < 4.78 is 10.5. The molecule has 1 fully saturated rings. The maximum atomic E-state index is 12.4. The molecule has 0 aliphatic carbocycles. The quantitative estimate of drug-likeness (QED) is 0.594. The van der Waals surface area contributed by atoms with Gasteiger partial charge in [0, 0.05) is 5.92 Å². The Morgan fingerprint density at radius 1 is 1.32 bits per heavy atom. The molecule has 138 valence electrons. The van der Waals surface area contributed by atoms with Gasteiger partial charge in [0.15, 0.2) is 12.3 Å². The third kappa shape index (κ3) is 4.69. The second-order valence-corrected chi connectivity index (χ2v) is 6.69. The molecule has 2 atom stereocenters. The van der Waals surface area contributed by atoms with Gasteiger partial charge in [0.2, 0.25) is 5.88 Å². The van der Waals surface area contributed by atoms with Crippen LogP contribution in [0.1, 0.15) is 60.1 Å². The fourth-order valence-corrected chi connectivity index (χ4v) is 3.41. The summed E-state index contributed by atoms with van der Waals surface area (Å²) >= 11 is 0. The molecule has 0 spiro atoms. The van der Waals surface area contributed by atoms with Crippen LogP contribution in [-0.4, -0.2) is 43.9 Å². The van der Waals surface area contributed by atoms with E-state index in [0.717, 1.165) is 19.5 Å². The molecule has 2 rings (SSSR count). The number of ether oxygens (including phenoxy) is 1. The highest BCUT2D eigenvalue weighted by Crippen LogP contribution is 2.28. The van der Waals surface area contributed by atoms with Crippen LogP contribution in [0.2, 0.25) is 0 Å². The summed E-state index contributed by atoms with van der Waals surface area (Å²) in [5.74, 6) is -0.320. The molecule has 0 aromatic carbocycles. The highest BCUT2D eigenvalue weighted by atomic mass is 16.5. The number of likely N-dealkylation sites (tertiary alicyclic amines) is 1. The largest absolute Gasteiger partial charge is 0.462 e. The molecule has 1 aromatic rings. The number of carbonyl (C=O) groups excluding carboxylic acids is 3. The van der Waals surface area contributed by atoms with Crippen LogP contribution in [0.15, 0.2) is 4.42 Å². The van der Waals surface area contributed by atoms with Gasteiger partial charge >= 0.3 is 5.97 Å². The average molecular weight is 351 g/mol. The fourth-order valence-electron chi connectivity index (χ4n) is 3.41. The van der Waals surface area contributed by atoms with E-state index < -0.39 is 5.97 Å². The molecule has 0 radical (unpaired) electrons. The van der Waals surface area contributed by atoms with Gasteiger partial charge in [0.1, 0.15) is 11.3 Å². The van der Waals surface area contributed by atoms with Crippen LogP contribution in [0.3, 0.4) is 0 Å². The molecule has 2 heterocycles. The van der Waals surface area contributed by atoms with Gasteiger partial charge in [0.25, 0.3) is 5.91 Å². The molecule has 7 nitrogen and oxygen atoms in total. The Labute approximate surface area is 147 Å². The number of carbonyl (C=O) groups is 3. The van der Waals surface area contributed by atoms with Gasteiger partial charge in [-0.1, -0.05) is 6.92 Å². The third-order valence-electron chi connectivity index (χ3n) is 4.44. The zero-order chi connectivity index (χ0) is 18.6. The van der Waals surface area contributed by atoms with Crippen LogP contribution < -0.4 is 10.2 Å². The molecule has 1 aliphatic heterocycles. The van der Waals surface area contributed by atoms with Crippen LogP contribution in [0.25, 0.3) is 0 Å². The van der Waals surface area contributed by atoms with Gasteiger partial charge in [-0.25, -0.2) is 4.79 Å². The zero-order valence-electron chi connectivity index (χ0n) is 15.4. The van der Waals surface area contributed by atoms with Gasteiger partial charge in [0.05, 0.1) is 25.3 Å². The number of furan rings is 1. The van der Waals surface area contributed by atoms with Gasteiger partial charge in [-0.15, -0.1) is 0 Å². The van der Waals surface area contributed by atoms with Crippen molar-refractivity contribution in [1.82, 2.24) is 0 Å². The second-order valence-electron chi connectivity index (χ2n) is 6.69. The molecule has 1 aromatic heterocycles. The SMILES string of the molecule is CCOC(=O)c1c(NC(=O)C[NH+]2CCC[C@@H](C)C2)oc(C)c1C(C)=O. The molecule has 1 unspecified atom stereocenters. The number of esters is 1. The highest BCUT2D eigenvalue weighted by molar-refractivity contribution is 6.10. The Balaban J connectivity index is 2.17. The summed E-state index contributed by atoms with van der Waals surface area (Å²) in [6.07, 6.45) is 2.30. The summed E-state index contributed by atoms with van der Waals surface area (Å²) in [5.41, 5.74) is 0.162. The van der Waals surface area contributed by atoms with Crippen LogP contribution in [0, 0.1) is 12.8 Å². The number of quaternary nitrogens is 1. The maximum Gasteiger partial charge on any atom is 0.344 e. The van der Waals surface area contributed by atoms with E-state index in [1.54, 1.807) is 13.8 Å². The van der Waals surface area contributed by atoms with E-state index >= 15 is 0 Å². The number of Topliss-reactive ketones (excluding diaryl/α,β-unsaturated/α-hetero) is 1. The number of anilines is 1. The Bertz CT molecular complexity index is 665. The summed E-state index contributed by atoms with van der Waals surface area (Å²) in [6.45, 7) is 9.19. The van der Waals surface area contributed by atoms with Crippen molar-refractivity contribution in [2.24, 2.45) is 5.92 Å². The highest BCUT2D eigenvalue weighted by Gasteiger charge is 2.30. The Kier molecular flexibility index (Phi) is 6.36. The van der Waals surface area contributed by atoms with Crippen molar-refractivity contribution in [2.75, 3.05) is 31.6 Å². The van der Waals surface area contributed by atoms with Crippen molar-refractivity contribution < 1.29 is 28.4 Å². The Hall–Kier alpha value is -2.15. The van der Waals surface area contributed by atoms with Crippen LogP contribution in [0.5, 0.6) is 0 Å². The van der Waals surface area contributed by atoms with Crippen molar-refractivity contribution in [2.45, 2.75) is 40.5 Å². The predicted octanol–water partition coefficient (Wildman–Crippen LogP) is 1.22. The third-order valence-corrected chi connectivity index (χ3v) is 4.44. The first-order chi connectivity index (χ1) is 11.8. The van der Waals surface area contributed by atoms with Gasteiger partial charge in [-0.05, 0) is 33.6 Å². The number of ketones is 1. The second kappa shape index (κ2) is 8.29. The summed E-state index contributed by atoms with van der Waals surface area (Å²) in [7, 11) is 0. The molecule has 0 bridgehead atoms. The molecule has 2 N–H and O–H groups in total. The van der Waals surface area contributed by atoms with Gasteiger partial charge in [-0.3, -0.25) is 14.9 Å². The lowest BCUT2D eigenvalue weighted by Gasteiger charge is -2.27. The van der Waals surface area contributed by atoms with Crippen molar-refractivity contribution in [3.8, 4) is 0 Å². The van der Waals surface area contributed by atoms with E-state index in [4.69, 9.17) is 9.15 Å². The lowest BCUT2D eigenvalue weighted by Crippen LogP contribution is -3.14. The minimum atomic E-state index is -0.668. The van der Waals surface area contributed by atoms with E-state index in [1.807, 2.05) is 0 Å². The molecule has 1 aliphatic rings. The first kappa shape index (κ1) is 19.2. The first-order valence-electron chi connectivity index (χ1n) is 8.78. The normalized spacial score (nSPS) is 20.2. The monoisotopic (exact) mass is 351 g/mol. The first-order valence-corrected chi connectivity index (χ1v) is 8.78. The van der Waals surface area contributed by atoms with Crippen molar-refractivity contribution in [3.63, 3.8) is 0 Å². The van der Waals surface area contributed by atoms with E-state index in [0.29, 0.717) is 18.2 Å². The number of hydrogen-bond donors (Lipinski definition) is 2. The predicted molar refractivity (Wildman–Crippen MR) is 92.0 cm³/mol. The summed E-state index contributed by atoms with van der Waals surface area (Å²) in [5, 5.41) is 2.65. The number of amides is 1. The minimum absolute atomic E-state index is 0.00205. The van der Waals surface area contributed by atoms with E-state index in [-0.39, 0.29) is 35.3 Å². The van der Waals surface area contributed by atoms with Crippen molar-refractivity contribution >= 4 is 23.5 Å². The number of hydrogen-bond acceptors (Lipinski definition) is 5.